The van der Waals surface area contributed by atoms with Crippen LogP contribution in [0.1, 0.15) is 22.3 Å². The molecule has 6 rings (SSSR count). The number of benzene rings is 3. The first-order valence-corrected chi connectivity index (χ1v) is 9.74. The Kier molecular flexibility index (Phi) is 3.15. The molecule has 5 heteroatoms. The molecule has 0 saturated carbocycles. The molecule has 0 aromatic heterocycles. The molecule has 3 aliphatic rings. The molecule has 142 valence electrons. The molecule has 4 nitrogen and oxygen atoms in total. The van der Waals surface area contributed by atoms with Gasteiger partial charge in [-0.2, -0.15) is 0 Å². The van der Waals surface area contributed by atoms with E-state index in [2.05, 4.69) is 4.90 Å². The zero-order valence-electron chi connectivity index (χ0n) is 15.9. The molecular weight excluding hydrogens is 365 g/mol. The number of likely N-dealkylation sites (N-methyl/N-ethyl adjacent to an activating group) is 1. The van der Waals surface area contributed by atoms with Gasteiger partial charge in [-0.25, -0.2) is 9.38 Å². The first-order chi connectivity index (χ1) is 14.1. The fraction of sp³-hybridized carbons (Fsp3) is 0.167. The molecule has 3 aromatic carbocycles. The van der Waals surface area contributed by atoms with Gasteiger partial charge in [-0.1, -0.05) is 48.5 Å². The second kappa shape index (κ2) is 5.54. The normalized spacial score (nSPS) is 21.4. The lowest BCUT2D eigenvalue weighted by Crippen LogP contribution is -2.46. The van der Waals surface area contributed by atoms with Gasteiger partial charge in [0.25, 0.3) is 5.91 Å². The molecule has 3 heterocycles. The molecule has 0 fully saturated rings. The fourth-order valence-corrected chi connectivity index (χ4v) is 4.99. The van der Waals surface area contributed by atoms with Crippen LogP contribution in [0.15, 0.2) is 71.7 Å². The van der Waals surface area contributed by atoms with E-state index >= 15 is 0 Å². The van der Waals surface area contributed by atoms with E-state index in [1.54, 1.807) is 18.0 Å². The predicted molar refractivity (Wildman–Crippen MR) is 111 cm³/mol. The number of hydrogen-bond acceptors (Lipinski definition) is 3. The Bertz CT molecular complexity index is 1220. The number of rotatable bonds is 1. The van der Waals surface area contributed by atoms with Crippen molar-refractivity contribution in [3.05, 3.63) is 94.8 Å². The lowest BCUT2D eigenvalue weighted by atomic mass is 9.81. The fourth-order valence-electron chi connectivity index (χ4n) is 4.99. The largest absolute Gasteiger partial charge is 0.325 e. The minimum Gasteiger partial charge on any atom is -0.325 e. The number of halogens is 1. The first kappa shape index (κ1) is 16.5. The second-order valence-electron chi connectivity index (χ2n) is 7.76. The molecule has 1 spiro atoms. The van der Waals surface area contributed by atoms with Crippen molar-refractivity contribution >= 4 is 23.1 Å². The van der Waals surface area contributed by atoms with Gasteiger partial charge in [0, 0.05) is 36.0 Å². The van der Waals surface area contributed by atoms with Crippen LogP contribution in [-0.4, -0.2) is 25.3 Å². The number of carbonyl (C=O) groups is 1. The quantitative estimate of drug-likeness (QED) is 0.640. The maximum Gasteiger partial charge on any atom is 0.264 e. The molecule has 0 radical (unpaired) electrons. The summed E-state index contributed by atoms with van der Waals surface area (Å²) in [7, 11) is 1.76. The minimum absolute atomic E-state index is 0.147. The second-order valence-corrected chi connectivity index (χ2v) is 7.76. The Balaban J connectivity index is 1.75. The number of para-hydroxylation sites is 1. The van der Waals surface area contributed by atoms with Crippen LogP contribution >= 0.6 is 0 Å². The number of aliphatic imine (C=N–C) groups is 1. The number of fused-ring (bicyclic) bond motifs is 3. The van der Waals surface area contributed by atoms with Crippen LogP contribution in [0.2, 0.25) is 0 Å². The highest BCUT2D eigenvalue weighted by Crippen LogP contribution is 2.53. The SMILES string of the molecule is CN1C(=O)C2(N=C(c3ccccc3)N3CCc4cc(F)cc2c43)c2ccccc21. The average Bonchev–Trinajstić information content (AvgIpc) is 3.26. The van der Waals surface area contributed by atoms with E-state index in [1.807, 2.05) is 54.6 Å². The van der Waals surface area contributed by atoms with Gasteiger partial charge in [-0.15, -0.1) is 0 Å². The molecule has 1 amide bonds. The number of amides is 1. The Labute approximate surface area is 167 Å². The monoisotopic (exact) mass is 383 g/mol. The third-order valence-corrected chi connectivity index (χ3v) is 6.25. The van der Waals surface area contributed by atoms with E-state index in [-0.39, 0.29) is 11.7 Å². The number of amidine groups is 1. The number of anilines is 2. The van der Waals surface area contributed by atoms with Crippen LogP contribution < -0.4 is 9.80 Å². The number of nitrogens with zero attached hydrogens (tertiary/aromatic N) is 3. The Morgan fingerprint density at radius 2 is 1.76 bits per heavy atom. The van der Waals surface area contributed by atoms with Gasteiger partial charge in [0.05, 0.1) is 5.69 Å². The smallest absolute Gasteiger partial charge is 0.264 e. The van der Waals surface area contributed by atoms with Gasteiger partial charge in [-0.05, 0) is 30.2 Å². The van der Waals surface area contributed by atoms with Crippen LogP contribution in [-0.2, 0) is 16.8 Å². The van der Waals surface area contributed by atoms with E-state index in [0.29, 0.717) is 5.56 Å². The van der Waals surface area contributed by atoms with Gasteiger partial charge in [-0.3, -0.25) is 4.79 Å². The van der Waals surface area contributed by atoms with Gasteiger partial charge in [0.2, 0.25) is 0 Å². The van der Waals surface area contributed by atoms with E-state index in [9.17, 15) is 9.18 Å². The number of hydrogen-bond donors (Lipinski definition) is 0. The Morgan fingerprint density at radius 3 is 2.59 bits per heavy atom. The van der Waals surface area contributed by atoms with Gasteiger partial charge in [0.1, 0.15) is 11.7 Å². The maximum absolute atomic E-state index is 14.6. The van der Waals surface area contributed by atoms with Crippen LogP contribution in [0, 0.1) is 5.82 Å². The summed E-state index contributed by atoms with van der Waals surface area (Å²) >= 11 is 0. The summed E-state index contributed by atoms with van der Waals surface area (Å²) in [5.74, 6) is 0.298. The topological polar surface area (TPSA) is 35.9 Å². The molecule has 1 unspecified atom stereocenters. The van der Waals surface area contributed by atoms with Gasteiger partial charge < -0.3 is 9.80 Å². The summed E-state index contributed by atoms with van der Waals surface area (Å²) in [5.41, 5.74) is 3.82. The lowest BCUT2D eigenvalue weighted by molar-refractivity contribution is -0.121. The van der Waals surface area contributed by atoms with E-state index < -0.39 is 5.54 Å². The predicted octanol–water partition coefficient (Wildman–Crippen LogP) is 3.87. The molecule has 1 atom stereocenters. The van der Waals surface area contributed by atoms with Crippen LogP contribution in [0.25, 0.3) is 0 Å². The Morgan fingerprint density at radius 1 is 1.00 bits per heavy atom. The minimum atomic E-state index is -1.26. The van der Waals surface area contributed by atoms with Gasteiger partial charge >= 0.3 is 0 Å². The molecule has 0 saturated heterocycles. The van der Waals surface area contributed by atoms with Crippen LogP contribution in [0.4, 0.5) is 15.8 Å². The van der Waals surface area contributed by atoms with Crippen molar-refractivity contribution in [3.8, 4) is 0 Å². The highest BCUT2D eigenvalue weighted by molar-refractivity contribution is 6.19. The van der Waals surface area contributed by atoms with Crippen molar-refractivity contribution in [3.63, 3.8) is 0 Å². The molecule has 0 bridgehead atoms. The Hall–Kier alpha value is -3.47. The summed E-state index contributed by atoms with van der Waals surface area (Å²) in [5, 5.41) is 0. The van der Waals surface area contributed by atoms with Crippen molar-refractivity contribution in [2.75, 3.05) is 23.4 Å². The van der Waals surface area contributed by atoms with Crippen molar-refractivity contribution in [1.29, 1.82) is 0 Å². The lowest BCUT2D eigenvalue weighted by Gasteiger charge is -2.37. The van der Waals surface area contributed by atoms with Crippen LogP contribution in [0.5, 0.6) is 0 Å². The molecular formula is C24H18FN3O. The summed E-state index contributed by atoms with van der Waals surface area (Å²) in [6.45, 7) is 0.723. The van der Waals surface area contributed by atoms with E-state index in [1.165, 1.54) is 6.07 Å². The van der Waals surface area contributed by atoms with Crippen molar-refractivity contribution in [2.45, 2.75) is 12.0 Å². The summed E-state index contributed by atoms with van der Waals surface area (Å²) in [4.78, 5) is 22.6. The van der Waals surface area contributed by atoms with Crippen LogP contribution in [0.3, 0.4) is 0 Å². The zero-order valence-corrected chi connectivity index (χ0v) is 15.9. The van der Waals surface area contributed by atoms with Crippen molar-refractivity contribution < 1.29 is 9.18 Å². The maximum atomic E-state index is 14.6. The molecule has 0 N–H and O–H groups in total. The summed E-state index contributed by atoms with van der Waals surface area (Å²) < 4.78 is 14.6. The average molecular weight is 383 g/mol. The highest BCUT2D eigenvalue weighted by Gasteiger charge is 2.56. The van der Waals surface area contributed by atoms with E-state index in [4.69, 9.17) is 4.99 Å². The molecule has 29 heavy (non-hydrogen) atoms. The zero-order chi connectivity index (χ0) is 19.8. The third-order valence-electron chi connectivity index (χ3n) is 6.25. The number of carbonyl (C=O) groups excluding carboxylic acids is 1. The highest BCUT2D eigenvalue weighted by atomic mass is 19.1. The standard InChI is InChI=1S/C24H18FN3O/c1-27-20-10-6-5-9-18(20)24(23(27)29)19-14-17(25)13-16-11-12-28(21(16)19)22(26-24)15-7-3-2-4-8-15/h2-10,13-14H,11-12H2,1H3. The first-order valence-electron chi connectivity index (χ1n) is 9.74. The van der Waals surface area contributed by atoms with Crippen molar-refractivity contribution in [1.82, 2.24) is 0 Å². The molecule has 3 aliphatic heterocycles. The molecule has 3 aromatic rings. The van der Waals surface area contributed by atoms with E-state index in [0.717, 1.165) is 46.9 Å². The van der Waals surface area contributed by atoms with Gasteiger partial charge in [0.15, 0.2) is 5.54 Å². The van der Waals surface area contributed by atoms with Crippen molar-refractivity contribution in [2.24, 2.45) is 4.99 Å². The third kappa shape index (κ3) is 1.97. The molecule has 0 aliphatic carbocycles. The summed E-state index contributed by atoms with van der Waals surface area (Å²) in [6.07, 6.45) is 0.730. The summed E-state index contributed by atoms with van der Waals surface area (Å²) in [6, 6.07) is 20.7.